The van der Waals surface area contributed by atoms with Gasteiger partial charge in [-0.2, -0.15) is 0 Å². The number of rotatable bonds is 3. The van der Waals surface area contributed by atoms with Gasteiger partial charge in [0.15, 0.2) is 0 Å². The zero-order chi connectivity index (χ0) is 12.6. The Balaban J connectivity index is 2.47. The number of nitrogens with two attached hydrogens (primary N) is 1. The molecule has 0 saturated heterocycles. The summed E-state index contributed by atoms with van der Waals surface area (Å²) in [5, 5.41) is 27.9. The van der Waals surface area contributed by atoms with Crippen LogP contribution in [-0.4, -0.2) is 28.3 Å². The summed E-state index contributed by atoms with van der Waals surface area (Å²) < 4.78 is 5.15. The van der Waals surface area contributed by atoms with Crippen LogP contribution in [-0.2, 0) is 16.0 Å². The first-order valence-electron chi connectivity index (χ1n) is 5.14. The van der Waals surface area contributed by atoms with Crippen LogP contribution in [0.15, 0.2) is 12.1 Å². The summed E-state index contributed by atoms with van der Waals surface area (Å²) in [7, 11) is -1.22. The van der Waals surface area contributed by atoms with E-state index in [1.807, 2.05) is 0 Å². The molecular weight excluding hydrogens is 225 g/mol. The van der Waals surface area contributed by atoms with Crippen molar-refractivity contribution in [2.75, 3.05) is 0 Å². The van der Waals surface area contributed by atoms with Crippen molar-refractivity contribution in [3.8, 4) is 5.75 Å². The molecule has 1 unspecified atom stereocenters. The standard InChI is InChI=1S/C10H12BNO5/c12-4-5-1-6(13)2-7-10(5)8(3-9(14)15)17-11(7)16/h1-2,8,13,16H,3-4,12H2,(H,14,15). The zero-order valence-electron chi connectivity index (χ0n) is 8.96. The Bertz CT molecular complexity index is 464. The molecule has 2 rings (SSSR count). The van der Waals surface area contributed by atoms with E-state index in [1.165, 1.54) is 12.1 Å². The SMILES string of the molecule is NCc1cc(O)cc2c1C(CC(=O)O)OB2O. The molecule has 5 N–H and O–H groups in total. The molecule has 0 aliphatic carbocycles. The maximum atomic E-state index is 10.7. The topological polar surface area (TPSA) is 113 Å². The smallest absolute Gasteiger partial charge is 0.492 e. The lowest BCUT2D eigenvalue weighted by Gasteiger charge is -2.13. The van der Waals surface area contributed by atoms with Crippen molar-refractivity contribution in [2.24, 2.45) is 5.73 Å². The third-order valence-electron chi connectivity index (χ3n) is 2.74. The van der Waals surface area contributed by atoms with Crippen molar-refractivity contribution in [3.05, 3.63) is 23.3 Å². The second-order valence-electron chi connectivity index (χ2n) is 3.89. The van der Waals surface area contributed by atoms with Crippen molar-refractivity contribution in [1.82, 2.24) is 0 Å². The Morgan fingerprint density at radius 2 is 2.24 bits per heavy atom. The van der Waals surface area contributed by atoms with E-state index in [-0.39, 0.29) is 18.7 Å². The van der Waals surface area contributed by atoms with E-state index in [2.05, 4.69) is 0 Å². The van der Waals surface area contributed by atoms with E-state index in [4.69, 9.17) is 15.5 Å². The first kappa shape index (κ1) is 11.9. The first-order chi connectivity index (χ1) is 8.02. The van der Waals surface area contributed by atoms with E-state index in [1.54, 1.807) is 0 Å². The predicted molar refractivity (Wildman–Crippen MR) is 59.7 cm³/mol. The molecule has 1 aromatic carbocycles. The van der Waals surface area contributed by atoms with Crippen LogP contribution in [0.4, 0.5) is 0 Å². The molecule has 7 heteroatoms. The maximum Gasteiger partial charge on any atom is 0.492 e. The van der Waals surface area contributed by atoms with Gasteiger partial charge in [0, 0.05) is 6.54 Å². The molecule has 1 aliphatic heterocycles. The molecule has 0 aromatic heterocycles. The monoisotopic (exact) mass is 237 g/mol. The number of hydrogen-bond acceptors (Lipinski definition) is 5. The van der Waals surface area contributed by atoms with Gasteiger partial charge in [-0.15, -0.1) is 0 Å². The molecule has 1 heterocycles. The molecule has 0 amide bonds. The summed E-state index contributed by atoms with van der Waals surface area (Å²) >= 11 is 0. The Labute approximate surface area is 97.8 Å². The zero-order valence-corrected chi connectivity index (χ0v) is 8.96. The number of benzene rings is 1. The summed E-state index contributed by atoms with van der Waals surface area (Å²) in [4.78, 5) is 10.7. The summed E-state index contributed by atoms with van der Waals surface area (Å²) in [5.41, 5.74) is 7.08. The van der Waals surface area contributed by atoms with Crippen molar-refractivity contribution in [3.63, 3.8) is 0 Å². The molecular formula is C10H12BNO5. The van der Waals surface area contributed by atoms with Crippen molar-refractivity contribution >= 4 is 18.6 Å². The van der Waals surface area contributed by atoms with Gasteiger partial charge in [0.1, 0.15) is 5.75 Å². The lowest BCUT2D eigenvalue weighted by molar-refractivity contribution is -0.138. The molecule has 17 heavy (non-hydrogen) atoms. The summed E-state index contributed by atoms with van der Waals surface area (Å²) in [6.07, 6.45) is -0.974. The number of aromatic hydroxyl groups is 1. The molecule has 6 nitrogen and oxygen atoms in total. The molecule has 1 aromatic rings. The average Bonchev–Trinajstić information content (AvgIpc) is 2.54. The molecule has 0 fully saturated rings. The largest absolute Gasteiger partial charge is 0.508 e. The van der Waals surface area contributed by atoms with E-state index >= 15 is 0 Å². The maximum absolute atomic E-state index is 10.7. The van der Waals surface area contributed by atoms with E-state index in [0.29, 0.717) is 16.6 Å². The van der Waals surface area contributed by atoms with E-state index in [0.717, 1.165) is 0 Å². The number of fused-ring (bicyclic) bond motifs is 1. The van der Waals surface area contributed by atoms with Crippen LogP contribution >= 0.6 is 0 Å². The Hall–Kier alpha value is -1.57. The molecule has 0 saturated carbocycles. The highest BCUT2D eigenvalue weighted by Gasteiger charge is 2.38. The molecule has 90 valence electrons. The third-order valence-corrected chi connectivity index (χ3v) is 2.74. The van der Waals surface area contributed by atoms with Gasteiger partial charge in [0.25, 0.3) is 0 Å². The van der Waals surface area contributed by atoms with Crippen LogP contribution in [0.1, 0.15) is 23.7 Å². The van der Waals surface area contributed by atoms with Gasteiger partial charge in [-0.3, -0.25) is 4.79 Å². The minimum Gasteiger partial charge on any atom is -0.508 e. The highest BCUT2D eigenvalue weighted by atomic mass is 16.5. The fourth-order valence-electron chi connectivity index (χ4n) is 2.09. The molecule has 1 aliphatic rings. The molecule has 0 spiro atoms. The number of aliphatic carboxylic acids is 1. The van der Waals surface area contributed by atoms with Gasteiger partial charge in [0.2, 0.25) is 0 Å². The highest BCUT2D eigenvalue weighted by Crippen LogP contribution is 2.31. The molecule has 0 radical (unpaired) electrons. The minimum absolute atomic E-state index is 0.0252. The van der Waals surface area contributed by atoms with Crippen LogP contribution in [0.25, 0.3) is 0 Å². The lowest BCUT2D eigenvalue weighted by Crippen LogP contribution is -2.28. The predicted octanol–water partition coefficient (Wildman–Crippen LogP) is -0.916. The summed E-state index contributed by atoms with van der Waals surface area (Å²) in [6.45, 7) is 0.142. The summed E-state index contributed by atoms with van der Waals surface area (Å²) in [5.74, 6) is -1.05. The second kappa shape index (κ2) is 4.36. The van der Waals surface area contributed by atoms with Gasteiger partial charge in [0.05, 0.1) is 12.5 Å². The second-order valence-corrected chi connectivity index (χ2v) is 3.89. The molecule has 0 bridgehead atoms. The van der Waals surface area contributed by atoms with Crippen LogP contribution in [0.3, 0.4) is 0 Å². The average molecular weight is 237 g/mol. The fourth-order valence-corrected chi connectivity index (χ4v) is 2.09. The Kier molecular flexibility index (Phi) is 3.06. The third kappa shape index (κ3) is 2.12. The van der Waals surface area contributed by atoms with Gasteiger partial charge >= 0.3 is 13.1 Å². The molecule has 1 atom stereocenters. The number of carboxylic acid groups (broad SMARTS) is 1. The van der Waals surface area contributed by atoms with Crippen molar-refractivity contribution in [2.45, 2.75) is 19.1 Å². The lowest BCUT2D eigenvalue weighted by atomic mass is 9.77. The van der Waals surface area contributed by atoms with Gasteiger partial charge in [-0.25, -0.2) is 0 Å². The number of hydrogen-bond donors (Lipinski definition) is 4. The van der Waals surface area contributed by atoms with Crippen molar-refractivity contribution in [1.29, 1.82) is 0 Å². The van der Waals surface area contributed by atoms with Gasteiger partial charge in [-0.05, 0) is 28.7 Å². The normalized spacial score (nSPS) is 18.2. The number of carboxylic acids is 1. The van der Waals surface area contributed by atoms with Crippen molar-refractivity contribution < 1.29 is 24.7 Å². The van der Waals surface area contributed by atoms with E-state index in [9.17, 15) is 14.9 Å². The van der Waals surface area contributed by atoms with E-state index < -0.39 is 19.2 Å². The van der Waals surface area contributed by atoms with Crippen LogP contribution < -0.4 is 11.2 Å². The number of phenols is 1. The fraction of sp³-hybridized carbons (Fsp3) is 0.300. The Morgan fingerprint density at radius 1 is 1.53 bits per heavy atom. The number of carbonyl (C=O) groups is 1. The number of phenolic OH excluding ortho intramolecular Hbond substituents is 1. The quantitative estimate of drug-likeness (QED) is 0.506. The minimum atomic E-state index is -1.22. The Morgan fingerprint density at radius 3 is 2.82 bits per heavy atom. The highest BCUT2D eigenvalue weighted by molar-refractivity contribution is 6.62. The first-order valence-corrected chi connectivity index (χ1v) is 5.14. The van der Waals surface area contributed by atoms with Gasteiger partial charge in [-0.1, -0.05) is 0 Å². The van der Waals surface area contributed by atoms with Crippen LogP contribution in [0, 0.1) is 0 Å². The van der Waals surface area contributed by atoms with Crippen LogP contribution in [0.2, 0.25) is 0 Å². The van der Waals surface area contributed by atoms with Gasteiger partial charge < -0.3 is 25.6 Å². The van der Waals surface area contributed by atoms with Crippen LogP contribution in [0.5, 0.6) is 5.75 Å². The summed E-state index contributed by atoms with van der Waals surface area (Å²) in [6, 6.07) is 2.82.